The molecular formula is C13H15F3N2O3. The third-order valence-corrected chi connectivity index (χ3v) is 3.01. The van der Waals surface area contributed by atoms with E-state index in [1.807, 2.05) is 0 Å². The highest BCUT2D eigenvalue weighted by Crippen LogP contribution is 2.21. The second kappa shape index (κ2) is 6.31. The SMILES string of the molecule is CNC(CCOCC(F)(F)F)c1ccc2[nH]c(=O)oc2c1. The van der Waals surface area contributed by atoms with E-state index in [1.54, 1.807) is 25.2 Å². The van der Waals surface area contributed by atoms with Gasteiger partial charge < -0.3 is 14.5 Å². The van der Waals surface area contributed by atoms with Crippen LogP contribution in [0.3, 0.4) is 0 Å². The number of fused-ring (bicyclic) bond motifs is 1. The van der Waals surface area contributed by atoms with Gasteiger partial charge in [-0.2, -0.15) is 13.2 Å². The van der Waals surface area contributed by atoms with Crippen LogP contribution in [0.1, 0.15) is 18.0 Å². The van der Waals surface area contributed by atoms with Crippen molar-refractivity contribution in [1.29, 1.82) is 0 Å². The molecule has 1 aromatic carbocycles. The molecule has 0 amide bonds. The zero-order valence-corrected chi connectivity index (χ0v) is 11.3. The molecule has 8 heteroatoms. The van der Waals surface area contributed by atoms with Crippen LogP contribution in [0, 0.1) is 0 Å². The number of oxazole rings is 1. The van der Waals surface area contributed by atoms with Gasteiger partial charge in [-0.05, 0) is 31.2 Å². The van der Waals surface area contributed by atoms with Crippen LogP contribution >= 0.6 is 0 Å². The van der Waals surface area contributed by atoms with Gasteiger partial charge in [0.1, 0.15) is 6.61 Å². The number of ether oxygens (including phenoxy) is 1. The molecule has 0 aliphatic heterocycles. The normalized spacial score (nSPS) is 13.7. The van der Waals surface area contributed by atoms with E-state index >= 15 is 0 Å². The van der Waals surface area contributed by atoms with Gasteiger partial charge in [-0.1, -0.05) is 6.07 Å². The Hall–Kier alpha value is -1.80. The first-order valence-corrected chi connectivity index (χ1v) is 6.33. The summed E-state index contributed by atoms with van der Waals surface area (Å²) in [6, 6.07) is 4.95. The van der Waals surface area contributed by atoms with Gasteiger partial charge >= 0.3 is 11.9 Å². The lowest BCUT2D eigenvalue weighted by Crippen LogP contribution is -2.21. The highest BCUT2D eigenvalue weighted by Gasteiger charge is 2.27. The van der Waals surface area contributed by atoms with Crippen molar-refractivity contribution in [3.8, 4) is 0 Å². The van der Waals surface area contributed by atoms with Gasteiger partial charge in [0.15, 0.2) is 5.58 Å². The highest BCUT2D eigenvalue weighted by molar-refractivity contribution is 5.72. The first kappa shape index (κ1) is 15.6. The van der Waals surface area contributed by atoms with Crippen LogP contribution in [-0.2, 0) is 4.74 Å². The van der Waals surface area contributed by atoms with Crippen LogP contribution in [0.25, 0.3) is 11.1 Å². The Morgan fingerprint density at radius 2 is 2.19 bits per heavy atom. The van der Waals surface area contributed by atoms with Gasteiger partial charge in [0.05, 0.1) is 5.52 Å². The largest absolute Gasteiger partial charge is 0.417 e. The monoisotopic (exact) mass is 304 g/mol. The molecule has 1 atom stereocenters. The smallest absolute Gasteiger partial charge is 0.408 e. The third kappa shape index (κ3) is 4.33. The third-order valence-electron chi connectivity index (χ3n) is 3.01. The lowest BCUT2D eigenvalue weighted by molar-refractivity contribution is -0.174. The maximum Gasteiger partial charge on any atom is 0.417 e. The molecule has 1 unspecified atom stereocenters. The zero-order valence-electron chi connectivity index (χ0n) is 11.3. The lowest BCUT2D eigenvalue weighted by atomic mass is 10.0. The van der Waals surface area contributed by atoms with Crippen molar-refractivity contribution in [3.63, 3.8) is 0 Å². The molecule has 0 bridgehead atoms. The number of aromatic nitrogens is 1. The van der Waals surface area contributed by atoms with Gasteiger partial charge in [-0.25, -0.2) is 4.79 Å². The average Bonchev–Trinajstić information content (AvgIpc) is 2.76. The van der Waals surface area contributed by atoms with Crippen molar-refractivity contribution in [2.24, 2.45) is 0 Å². The number of aromatic amines is 1. The number of benzene rings is 1. The predicted octanol–water partition coefficient (Wildman–Crippen LogP) is 2.35. The summed E-state index contributed by atoms with van der Waals surface area (Å²) in [4.78, 5) is 13.6. The van der Waals surface area contributed by atoms with Gasteiger partial charge in [0.25, 0.3) is 0 Å². The summed E-state index contributed by atoms with van der Waals surface area (Å²) in [5, 5.41) is 3.00. The van der Waals surface area contributed by atoms with E-state index in [2.05, 4.69) is 15.0 Å². The van der Waals surface area contributed by atoms with Gasteiger partial charge in [0.2, 0.25) is 0 Å². The summed E-state index contributed by atoms with van der Waals surface area (Å²) in [6.07, 6.45) is -3.95. The maximum atomic E-state index is 12.0. The molecule has 0 radical (unpaired) electrons. The fourth-order valence-electron chi connectivity index (χ4n) is 2.05. The standard InChI is InChI=1S/C13H15F3N2O3/c1-17-9(4-5-20-7-13(14,15)16)8-2-3-10-11(6-8)21-12(19)18-10/h2-3,6,9,17H,4-5,7H2,1H3,(H,18,19). The van der Waals surface area contributed by atoms with Crippen LogP contribution < -0.4 is 11.1 Å². The van der Waals surface area contributed by atoms with Crippen molar-refractivity contribution in [2.45, 2.75) is 18.6 Å². The van der Waals surface area contributed by atoms with Gasteiger partial charge in [-0.15, -0.1) is 0 Å². The van der Waals surface area contributed by atoms with Crippen LogP contribution in [-0.4, -0.2) is 31.4 Å². The second-order valence-electron chi connectivity index (χ2n) is 4.57. The molecule has 1 heterocycles. The Balaban J connectivity index is 2.00. The van der Waals surface area contributed by atoms with E-state index in [4.69, 9.17) is 4.42 Å². The fraction of sp³-hybridized carbons (Fsp3) is 0.462. The number of hydrogen-bond donors (Lipinski definition) is 2. The predicted molar refractivity (Wildman–Crippen MR) is 70.1 cm³/mol. The van der Waals surface area contributed by atoms with E-state index in [-0.39, 0.29) is 12.6 Å². The fourth-order valence-corrected chi connectivity index (χ4v) is 2.05. The molecule has 2 N–H and O–H groups in total. The number of halogens is 3. The Morgan fingerprint density at radius 1 is 1.43 bits per heavy atom. The number of H-pyrrole nitrogens is 1. The Labute approximate surface area is 118 Å². The summed E-state index contributed by atoms with van der Waals surface area (Å²) in [6.45, 7) is -1.28. The topological polar surface area (TPSA) is 67.3 Å². The van der Waals surface area contributed by atoms with Crippen LogP contribution in [0.15, 0.2) is 27.4 Å². The van der Waals surface area contributed by atoms with Gasteiger partial charge in [-0.3, -0.25) is 4.98 Å². The summed E-state index contributed by atoms with van der Waals surface area (Å²) in [5.74, 6) is -0.545. The Bertz CT molecular complexity index is 648. The summed E-state index contributed by atoms with van der Waals surface area (Å²) in [5.41, 5.74) is 1.80. The van der Waals surface area contributed by atoms with E-state index in [1.165, 1.54) is 0 Å². The summed E-state index contributed by atoms with van der Waals surface area (Å²) < 4.78 is 45.5. The maximum absolute atomic E-state index is 12.0. The van der Waals surface area contributed by atoms with E-state index in [0.717, 1.165) is 5.56 Å². The molecule has 0 aliphatic carbocycles. The van der Waals surface area contributed by atoms with Crippen molar-refractivity contribution in [3.05, 3.63) is 34.3 Å². The number of nitrogens with one attached hydrogen (secondary N) is 2. The molecule has 1 aromatic heterocycles. The zero-order chi connectivity index (χ0) is 15.5. The van der Waals surface area contributed by atoms with Crippen molar-refractivity contribution in [2.75, 3.05) is 20.3 Å². The van der Waals surface area contributed by atoms with Crippen LogP contribution in [0.5, 0.6) is 0 Å². The summed E-state index contributed by atoms with van der Waals surface area (Å²) >= 11 is 0. The van der Waals surface area contributed by atoms with Crippen molar-refractivity contribution in [1.82, 2.24) is 10.3 Å². The minimum absolute atomic E-state index is 0.0276. The molecule has 5 nitrogen and oxygen atoms in total. The molecule has 116 valence electrons. The molecule has 0 aliphatic rings. The van der Waals surface area contributed by atoms with E-state index < -0.39 is 18.5 Å². The van der Waals surface area contributed by atoms with Crippen molar-refractivity contribution < 1.29 is 22.3 Å². The lowest BCUT2D eigenvalue weighted by Gasteiger charge is -2.17. The first-order chi connectivity index (χ1) is 9.89. The highest BCUT2D eigenvalue weighted by atomic mass is 19.4. The minimum Gasteiger partial charge on any atom is -0.408 e. The molecule has 2 rings (SSSR count). The van der Waals surface area contributed by atoms with E-state index in [0.29, 0.717) is 17.5 Å². The van der Waals surface area contributed by atoms with Gasteiger partial charge in [0, 0.05) is 12.6 Å². The Morgan fingerprint density at radius 3 is 2.86 bits per heavy atom. The first-order valence-electron chi connectivity index (χ1n) is 6.33. The second-order valence-corrected chi connectivity index (χ2v) is 4.57. The molecule has 0 fully saturated rings. The average molecular weight is 304 g/mol. The number of alkyl halides is 3. The Kier molecular flexibility index (Phi) is 4.69. The molecule has 0 spiro atoms. The van der Waals surface area contributed by atoms with Crippen LogP contribution in [0.2, 0.25) is 0 Å². The minimum atomic E-state index is -4.32. The van der Waals surface area contributed by atoms with Crippen molar-refractivity contribution >= 4 is 11.1 Å². The summed E-state index contributed by atoms with van der Waals surface area (Å²) in [7, 11) is 1.70. The quantitative estimate of drug-likeness (QED) is 0.804. The van der Waals surface area contributed by atoms with E-state index in [9.17, 15) is 18.0 Å². The molecular weight excluding hydrogens is 289 g/mol. The molecule has 21 heavy (non-hydrogen) atoms. The molecule has 0 saturated heterocycles. The number of hydrogen-bond acceptors (Lipinski definition) is 4. The molecule has 2 aromatic rings. The molecule has 0 saturated carbocycles. The van der Waals surface area contributed by atoms with Crippen LogP contribution in [0.4, 0.5) is 13.2 Å². The number of rotatable bonds is 6.